The Bertz CT molecular complexity index is 914. The summed E-state index contributed by atoms with van der Waals surface area (Å²) in [5, 5.41) is 6.44. The number of carbonyl (C=O) groups excluding carboxylic acids is 1. The molecule has 27 heavy (non-hydrogen) atoms. The van der Waals surface area contributed by atoms with E-state index in [1.807, 2.05) is 13.0 Å². The van der Waals surface area contributed by atoms with Gasteiger partial charge < -0.3 is 10.1 Å². The zero-order chi connectivity index (χ0) is 20.2. The van der Waals surface area contributed by atoms with Crippen LogP contribution in [0, 0.1) is 6.92 Å². The second-order valence-electron chi connectivity index (χ2n) is 6.84. The van der Waals surface area contributed by atoms with Gasteiger partial charge in [0.2, 0.25) is 0 Å². The first-order valence-electron chi connectivity index (χ1n) is 8.13. The van der Waals surface area contributed by atoms with Crippen LogP contribution in [0.3, 0.4) is 0 Å². The van der Waals surface area contributed by atoms with Gasteiger partial charge in [-0.05, 0) is 60.8 Å². The Morgan fingerprint density at radius 1 is 1.41 bits per heavy atom. The Labute approximate surface area is 164 Å². The van der Waals surface area contributed by atoms with Gasteiger partial charge in [0.15, 0.2) is 0 Å². The lowest BCUT2D eigenvalue weighted by atomic mass is 10.2. The molecule has 8 nitrogen and oxygen atoms in total. The normalized spacial score (nSPS) is 12.1. The molecular formula is C17H21BrFN5O3. The average Bonchev–Trinajstić information content (AvgIpc) is 2.92. The van der Waals surface area contributed by atoms with Crippen molar-refractivity contribution < 1.29 is 13.9 Å². The first kappa shape index (κ1) is 20.8. The number of aryl methyl sites for hydroxylation is 1. The van der Waals surface area contributed by atoms with E-state index in [1.54, 1.807) is 26.8 Å². The number of rotatable bonds is 5. The molecule has 0 atom stereocenters. The topological polar surface area (TPSA) is 91.0 Å². The highest BCUT2D eigenvalue weighted by molar-refractivity contribution is 9.10. The molecule has 0 aliphatic rings. The highest BCUT2D eigenvalue weighted by atomic mass is 79.9. The molecule has 1 amide bonds. The van der Waals surface area contributed by atoms with Crippen molar-refractivity contribution in [3.63, 3.8) is 0 Å². The third kappa shape index (κ3) is 5.75. The highest BCUT2D eigenvalue weighted by Crippen LogP contribution is 2.14. The summed E-state index contributed by atoms with van der Waals surface area (Å²) in [5.74, 6) is 0.429. The second-order valence-corrected chi connectivity index (χ2v) is 7.65. The van der Waals surface area contributed by atoms with E-state index in [1.165, 1.54) is 10.9 Å². The predicted octanol–water partition coefficient (Wildman–Crippen LogP) is 2.88. The average molecular weight is 442 g/mol. The molecule has 2 rings (SSSR count). The summed E-state index contributed by atoms with van der Waals surface area (Å²) in [6.07, 6.45) is 0.987. The van der Waals surface area contributed by atoms with Crippen LogP contribution in [0.15, 0.2) is 39.8 Å². The largest absolute Gasteiger partial charge is 0.444 e. The van der Waals surface area contributed by atoms with Crippen molar-refractivity contribution in [3.8, 4) is 5.82 Å². The number of ether oxygens (including phenoxy) is 1. The van der Waals surface area contributed by atoms with Crippen LogP contribution in [-0.4, -0.2) is 37.6 Å². The molecule has 0 aliphatic carbocycles. The van der Waals surface area contributed by atoms with Crippen LogP contribution in [-0.2, 0) is 11.3 Å². The fourth-order valence-electron chi connectivity index (χ4n) is 2.15. The quantitative estimate of drug-likeness (QED) is 0.720. The van der Waals surface area contributed by atoms with Crippen molar-refractivity contribution in [2.75, 3.05) is 6.54 Å². The standard InChI is InChI=1S/C17H21BrFN5O3/c1-11-5-6-13(18)22-14(11)23-10-21-24(16(23)26)9-12(7-19)8-20-15(25)27-17(2,3)4/h5-7,10H,8-9H2,1-4H3,(H,20,25)/b12-7+. The van der Waals surface area contributed by atoms with Gasteiger partial charge in [0.25, 0.3) is 0 Å². The number of pyridine rings is 1. The molecule has 2 aromatic heterocycles. The van der Waals surface area contributed by atoms with E-state index >= 15 is 0 Å². The molecule has 0 saturated heterocycles. The Morgan fingerprint density at radius 2 is 2.11 bits per heavy atom. The van der Waals surface area contributed by atoms with Crippen LogP contribution in [0.5, 0.6) is 0 Å². The monoisotopic (exact) mass is 441 g/mol. The molecule has 0 spiro atoms. The van der Waals surface area contributed by atoms with Crippen LogP contribution < -0.4 is 11.0 Å². The minimum absolute atomic E-state index is 0.112. The van der Waals surface area contributed by atoms with Gasteiger partial charge in [0.1, 0.15) is 22.3 Å². The zero-order valence-corrected chi connectivity index (χ0v) is 17.1. The van der Waals surface area contributed by atoms with Crippen molar-refractivity contribution in [1.29, 1.82) is 0 Å². The van der Waals surface area contributed by atoms with E-state index in [-0.39, 0.29) is 18.7 Å². The highest BCUT2D eigenvalue weighted by Gasteiger charge is 2.17. The van der Waals surface area contributed by atoms with Crippen molar-refractivity contribution in [2.24, 2.45) is 0 Å². The number of amides is 1. The maximum atomic E-state index is 13.2. The van der Waals surface area contributed by atoms with E-state index in [9.17, 15) is 14.0 Å². The summed E-state index contributed by atoms with van der Waals surface area (Å²) >= 11 is 3.27. The third-order valence-electron chi connectivity index (χ3n) is 3.36. The first-order chi connectivity index (χ1) is 12.6. The molecule has 146 valence electrons. The van der Waals surface area contributed by atoms with Crippen molar-refractivity contribution >= 4 is 22.0 Å². The molecule has 2 heterocycles. The summed E-state index contributed by atoms with van der Waals surface area (Å²) < 4.78 is 21.2. The molecule has 0 saturated carbocycles. The summed E-state index contributed by atoms with van der Waals surface area (Å²) in [6.45, 7) is 6.76. The molecular weight excluding hydrogens is 421 g/mol. The molecule has 10 heteroatoms. The molecule has 0 aliphatic heterocycles. The van der Waals surface area contributed by atoms with Gasteiger partial charge in [-0.25, -0.2) is 28.2 Å². The summed E-state index contributed by atoms with van der Waals surface area (Å²) in [6, 6.07) is 3.58. The predicted molar refractivity (Wildman–Crippen MR) is 101 cm³/mol. The minimum atomic E-state index is -0.673. The van der Waals surface area contributed by atoms with Gasteiger partial charge in [0.05, 0.1) is 12.9 Å². The Hall–Kier alpha value is -2.49. The fourth-order valence-corrected chi connectivity index (χ4v) is 2.45. The lowest BCUT2D eigenvalue weighted by Gasteiger charge is -2.19. The maximum Gasteiger partial charge on any atom is 0.407 e. The Kier molecular flexibility index (Phi) is 6.53. The SMILES string of the molecule is Cc1ccc(Br)nc1-n1cnn(C/C(=C/F)CNC(=O)OC(C)(C)C)c1=O. The van der Waals surface area contributed by atoms with Crippen LogP contribution >= 0.6 is 15.9 Å². The van der Waals surface area contributed by atoms with E-state index < -0.39 is 17.4 Å². The number of hydrogen-bond donors (Lipinski definition) is 1. The summed E-state index contributed by atoms with van der Waals surface area (Å²) in [4.78, 5) is 28.5. The van der Waals surface area contributed by atoms with Crippen LogP contribution in [0.4, 0.5) is 9.18 Å². The number of nitrogens with one attached hydrogen (secondary N) is 1. The van der Waals surface area contributed by atoms with Gasteiger partial charge in [-0.3, -0.25) is 0 Å². The summed E-state index contributed by atoms with van der Waals surface area (Å²) in [5.41, 5.74) is -0.186. The maximum absolute atomic E-state index is 13.2. The number of aromatic nitrogens is 4. The van der Waals surface area contributed by atoms with Crippen LogP contribution in [0.1, 0.15) is 26.3 Å². The van der Waals surface area contributed by atoms with E-state index in [0.29, 0.717) is 16.8 Å². The molecule has 0 aromatic carbocycles. The minimum Gasteiger partial charge on any atom is -0.444 e. The van der Waals surface area contributed by atoms with Gasteiger partial charge in [0, 0.05) is 6.54 Å². The molecule has 2 aromatic rings. The number of carbonyl (C=O) groups is 1. The molecule has 0 bridgehead atoms. The van der Waals surface area contributed by atoms with Crippen molar-refractivity contribution in [1.82, 2.24) is 24.6 Å². The molecule has 1 N–H and O–H groups in total. The van der Waals surface area contributed by atoms with E-state index in [0.717, 1.165) is 10.2 Å². The van der Waals surface area contributed by atoms with Crippen molar-refractivity contribution in [2.45, 2.75) is 39.8 Å². The van der Waals surface area contributed by atoms with Crippen LogP contribution in [0.2, 0.25) is 0 Å². The lowest BCUT2D eigenvalue weighted by Crippen LogP contribution is -2.34. The number of hydrogen-bond acceptors (Lipinski definition) is 5. The summed E-state index contributed by atoms with van der Waals surface area (Å²) in [7, 11) is 0. The number of nitrogens with zero attached hydrogens (tertiary/aromatic N) is 4. The Morgan fingerprint density at radius 3 is 2.74 bits per heavy atom. The van der Waals surface area contributed by atoms with Gasteiger partial charge in [-0.15, -0.1) is 0 Å². The molecule has 0 fully saturated rings. The first-order valence-corrected chi connectivity index (χ1v) is 8.93. The Balaban J connectivity index is 2.11. The van der Waals surface area contributed by atoms with E-state index in [4.69, 9.17) is 4.74 Å². The molecule has 0 radical (unpaired) electrons. The second kappa shape index (κ2) is 8.47. The lowest BCUT2D eigenvalue weighted by molar-refractivity contribution is 0.0532. The van der Waals surface area contributed by atoms with Gasteiger partial charge >= 0.3 is 11.8 Å². The van der Waals surface area contributed by atoms with Gasteiger partial charge in [-0.1, -0.05) is 6.07 Å². The van der Waals surface area contributed by atoms with E-state index in [2.05, 4.69) is 31.3 Å². The van der Waals surface area contributed by atoms with Gasteiger partial charge in [-0.2, -0.15) is 5.10 Å². The van der Waals surface area contributed by atoms with Crippen molar-refractivity contribution in [3.05, 3.63) is 51.0 Å². The number of halogens is 2. The third-order valence-corrected chi connectivity index (χ3v) is 3.81. The number of alkyl carbamates (subject to hydrolysis) is 1. The fraction of sp³-hybridized carbons (Fsp3) is 0.412. The zero-order valence-electron chi connectivity index (χ0n) is 15.5. The van der Waals surface area contributed by atoms with Crippen LogP contribution in [0.25, 0.3) is 5.82 Å². The molecule has 0 unspecified atom stereocenters. The smallest absolute Gasteiger partial charge is 0.407 e.